The minimum Gasteiger partial charge on any atom is -0.270 e. The zero-order chi connectivity index (χ0) is 6.85. The van der Waals surface area contributed by atoms with Crippen molar-refractivity contribution in [3.63, 3.8) is 0 Å². The molecule has 0 aliphatic heterocycles. The second-order valence-corrected chi connectivity index (χ2v) is 3.42. The molecule has 9 heavy (non-hydrogen) atoms. The first-order chi connectivity index (χ1) is 4.20. The fourth-order valence-electron chi connectivity index (χ4n) is 0.365. The molecule has 48 valence electrons. The predicted octanol–water partition coefficient (Wildman–Crippen LogP) is 2.66. The molecule has 1 aromatic heterocycles. The topological polar surface area (TPSA) is 28.7 Å². The molecule has 0 unspecified atom stereocenters. The van der Waals surface area contributed by atoms with Gasteiger partial charge in [0.2, 0.25) is 0 Å². The summed E-state index contributed by atoms with van der Waals surface area (Å²) in [6.07, 6.45) is 0. The van der Waals surface area contributed by atoms with Crippen LogP contribution in [0.5, 0.6) is 0 Å². The van der Waals surface area contributed by atoms with Gasteiger partial charge in [-0.2, -0.15) is 5.10 Å². The molecule has 0 amide bonds. The summed E-state index contributed by atoms with van der Waals surface area (Å²) in [6, 6.07) is 1.77. The van der Waals surface area contributed by atoms with E-state index in [-0.39, 0.29) is 0 Å². The van der Waals surface area contributed by atoms with Crippen molar-refractivity contribution in [2.45, 2.75) is 0 Å². The molecular weight excluding hydrogens is 268 g/mol. The normalized spacial score (nSPS) is 9.56. The van der Waals surface area contributed by atoms with Crippen molar-refractivity contribution in [2.75, 3.05) is 0 Å². The van der Waals surface area contributed by atoms with Crippen LogP contribution in [0, 0.1) is 4.51 Å². The van der Waals surface area contributed by atoms with Gasteiger partial charge in [0.25, 0.3) is 0 Å². The quantitative estimate of drug-likeness (QED) is 0.734. The van der Waals surface area contributed by atoms with E-state index in [2.05, 4.69) is 42.1 Å². The molecule has 0 saturated heterocycles. The maximum absolute atomic E-state index is 4.88. The van der Waals surface area contributed by atoms with E-state index < -0.39 is 0 Å². The highest BCUT2D eigenvalue weighted by atomic mass is 79.9. The largest absolute Gasteiger partial charge is 0.270 e. The van der Waals surface area contributed by atoms with Crippen LogP contribution >= 0.6 is 44.1 Å². The molecule has 0 bridgehead atoms. The second-order valence-electron chi connectivity index (χ2n) is 1.37. The van der Waals surface area contributed by atoms with Crippen LogP contribution in [0.25, 0.3) is 0 Å². The van der Waals surface area contributed by atoms with Crippen molar-refractivity contribution < 1.29 is 0 Å². The van der Waals surface area contributed by atoms with Crippen LogP contribution in [0.1, 0.15) is 0 Å². The molecule has 0 radical (unpaired) electrons. The van der Waals surface area contributed by atoms with Gasteiger partial charge in [0.1, 0.15) is 9.21 Å². The summed E-state index contributed by atoms with van der Waals surface area (Å²) in [4.78, 5) is 0. The van der Waals surface area contributed by atoms with E-state index in [1.54, 1.807) is 6.07 Å². The average Bonchev–Trinajstić information content (AvgIpc) is 1.80. The van der Waals surface area contributed by atoms with Gasteiger partial charge < -0.3 is 0 Å². The zero-order valence-corrected chi connectivity index (χ0v) is 8.18. The number of aromatic amines is 1. The fourth-order valence-corrected chi connectivity index (χ4v) is 1.20. The highest BCUT2D eigenvalue weighted by Gasteiger charge is 1.90. The molecule has 1 N–H and O–H groups in total. The Morgan fingerprint density at radius 3 is 2.67 bits per heavy atom. The molecule has 0 aromatic carbocycles. The lowest BCUT2D eigenvalue weighted by molar-refractivity contribution is 0.976. The number of halogens is 2. The maximum Gasteiger partial charge on any atom is 0.144 e. The third-order valence-corrected chi connectivity index (χ3v) is 2.31. The first-order valence-electron chi connectivity index (χ1n) is 2.11. The summed E-state index contributed by atoms with van der Waals surface area (Å²) < 4.78 is 2.15. The number of nitrogens with one attached hydrogen (secondary N) is 1. The Hall–Kier alpha value is 0.260. The molecule has 1 rings (SSSR count). The Kier molecular flexibility index (Phi) is 2.37. The number of H-pyrrole nitrogens is 1. The van der Waals surface area contributed by atoms with Crippen LogP contribution in [-0.2, 0) is 0 Å². The Bertz CT molecular complexity index is 270. The third kappa shape index (κ3) is 1.84. The standard InChI is InChI=1S/C4H2Br2N2S/c5-3-1-2(9)4(6)8-7-3/h1H,(H,7,9). The molecule has 0 aliphatic carbocycles. The summed E-state index contributed by atoms with van der Waals surface area (Å²) in [5.74, 6) is 0. The van der Waals surface area contributed by atoms with Gasteiger partial charge in [-0.15, -0.1) is 0 Å². The molecule has 2 nitrogen and oxygen atoms in total. The van der Waals surface area contributed by atoms with Gasteiger partial charge in [-0.3, -0.25) is 5.10 Å². The monoisotopic (exact) mass is 268 g/mol. The van der Waals surface area contributed by atoms with Crippen molar-refractivity contribution in [1.29, 1.82) is 0 Å². The average molecular weight is 270 g/mol. The fraction of sp³-hybridized carbons (Fsp3) is 0. The van der Waals surface area contributed by atoms with Crippen LogP contribution in [0.3, 0.4) is 0 Å². The van der Waals surface area contributed by atoms with Crippen LogP contribution in [0.4, 0.5) is 0 Å². The summed E-state index contributed by atoms with van der Waals surface area (Å²) in [5, 5.41) is 6.51. The molecule has 0 spiro atoms. The Morgan fingerprint density at radius 2 is 2.22 bits per heavy atom. The molecule has 0 aliphatic rings. The van der Waals surface area contributed by atoms with Gasteiger partial charge in [-0.1, -0.05) is 12.2 Å². The molecule has 0 atom stereocenters. The second kappa shape index (κ2) is 2.90. The van der Waals surface area contributed by atoms with Crippen LogP contribution in [0.15, 0.2) is 15.3 Å². The minimum absolute atomic E-state index is 0.667. The van der Waals surface area contributed by atoms with Gasteiger partial charge in [0.05, 0.1) is 4.51 Å². The van der Waals surface area contributed by atoms with Crippen molar-refractivity contribution in [2.24, 2.45) is 0 Å². The summed E-state index contributed by atoms with van der Waals surface area (Å²) in [6.45, 7) is 0. The summed E-state index contributed by atoms with van der Waals surface area (Å²) in [7, 11) is 0. The first kappa shape index (κ1) is 7.37. The SMILES string of the molecule is S=c1cc(Br)[nH]nc1Br. The molecular formula is C4H2Br2N2S. The molecule has 0 saturated carbocycles. The van der Waals surface area contributed by atoms with E-state index in [1.165, 1.54) is 0 Å². The Balaban J connectivity index is 3.34. The highest BCUT2D eigenvalue weighted by Crippen LogP contribution is 2.10. The maximum atomic E-state index is 4.88. The lowest BCUT2D eigenvalue weighted by Gasteiger charge is -1.89. The smallest absolute Gasteiger partial charge is 0.144 e. The van der Waals surface area contributed by atoms with E-state index >= 15 is 0 Å². The Morgan fingerprint density at radius 1 is 1.56 bits per heavy atom. The molecule has 5 heteroatoms. The van der Waals surface area contributed by atoms with Gasteiger partial charge >= 0.3 is 0 Å². The summed E-state index contributed by atoms with van der Waals surface area (Å²) >= 11 is 11.2. The van der Waals surface area contributed by atoms with Crippen molar-refractivity contribution in [1.82, 2.24) is 10.2 Å². The number of nitrogens with zero attached hydrogens (tertiary/aromatic N) is 1. The number of rotatable bonds is 0. The van der Waals surface area contributed by atoms with Gasteiger partial charge in [-0.05, 0) is 37.9 Å². The van der Waals surface area contributed by atoms with Crippen molar-refractivity contribution in [3.05, 3.63) is 19.8 Å². The lowest BCUT2D eigenvalue weighted by atomic mass is 10.6. The van der Waals surface area contributed by atoms with Gasteiger partial charge in [-0.25, -0.2) is 0 Å². The van der Waals surface area contributed by atoms with Crippen LogP contribution < -0.4 is 0 Å². The van der Waals surface area contributed by atoms with E-state index in [0.29, 0.717) is 9.11 Å². The number of aromatic nitrogens is 2. The van der Waals surface area contributed by atoms with E-state index in [0.717, 1.165) is 4.60 Å². The lowest BCUT2D eigenvalue weighted by Crippen LogP contribution is -1.82. The van der Waals surface area contributed by atoms with E-state index in [1.807, 2.05) is 0 Å². The number of hydrogen-bond donors (Lipinski definition) is 1. The van der Waals surface area contributed by atoms with Crippen LogP contribution in [0.2, 0.25) is 0 Å². The van der Waals surface area contributed by atoms with Crippen molar-refractivity contribution in [3.8, 4) is 0 Å². The summed E-state index contributed by atoms with van der Waals surface area (Å²) in [5.41, 5.74) is 0. The van der Waals surface area contributed by atoms with Gasteiger partial charge in [0, 0.05) is 0 Å². The Labute approximate surface area is 73.9 Å². The zero-order valence-electron chi connectivity index (χ0n) is 4.19. The van der Waals surface area contributed by atoms with E-state index in [4.69, 9.17) is 12.2 Å². The van der Waals surface area contributed by atoms with Gasteiger partial charge in [0.15, 0.2) is 0 Å². The highest BCUT2D eigenvalue weighted by molar-refractivity contribution is 9.10. The minimum atomic E-state index is 0.667. The first-order valence-corrected chi connectivity index (χ1v) is 4.10. The number of hydrogen-bond acceptors (Lipinski definition) is 2. The van der Waals surface area contributed by atoms with Crippen molar-refractivity contribution >= 4 is 44.1 Å². The molecule has 1 heterocycles. The van der Waals surface area contributed by atoms with Crippen LogP contribution in [-0.4, -0.2) is 10.2 Å². The molecule has 1 aromatic rings. The predicted molar refractivity (Wildman–Crippen MR) is 44.8 cm³/mol. The molecule has 0 fully saturated rings. The van der Waals surface area contributed by atoms with E-state index in [9.17, 15) is 0 Å². The third-order valence-electron chi connectivity index (χ3n) is 0.722.